The molecule has 0 bridgehead atoms. The maximum absolute atomic E-state index is 14.6. The summed E-state index contributed by atoms with van der Waals surface area (Å²) in [5.41, 5.74) is 2.07. The molecule has 130 valence electrons. The number of rotatable bonds is 1. The van der Waals surface area contributed by atoms with Crippen molar-refractivity contribution in [3.63, 3.8) is 0 Å². The van der Waals surface area contributed by atoms with Gasteiger partial charge in [-0.3, -0.25) is 20.2 Å². The lowest BCUT2D eigenvalue weighted by Gasteiger charge is -2.40. The molecule has 0 atom stereocenters. The average molecular weight is 343 g/mol. The molecule has 0 aliphatic carbocycles. The van der Waals surface area contributed by atoms with E-state index in [9.17, 15) is 18.8 Å². The van der Waals surface area contributed by atoms with Gasteiger partial charge >= 0.3 is 6.03 Å². The van der Waals surface area contributed by atoms with E-state index in [4.69, 9.17) is 0 Å². The normalized spacial score (nSPS) is 19.1. The fraction of sp³-hybridized carbons (Fsp3) is 0.278. The Morgan fingerprint density at radius 2 is 1.72 bits per heavy atom. The molecule has 2 aliphatic heterocycles. The summed E-state index contributed by atoms with van der Waals surface area (Å²) in [7, 11) is 1.88. The summed E-state index contributed by atoms with van der Waals surface area (Å²) in [6.07, 6.45) is 3.22. The molecule has 1 fully saturated rings. The zero-order chi connectivity index (χ0) is 18.5. The molecule has 1 aromatic carbocycles. The Labute approximate surface area is 144 Å². The van der Waals surface area contributed by atoms with Crippen LogP contribution < -0.4 is 15.5 Å². The molecule has 3 rings (SSSR count). The van der Waals surface area contributed by atoms with Gasteiger partial charge in [0.25, 0.3) is 11.8 Å². The van der Waals surface area contributed by atoms with Crippen molar-refractivity contribution in [1.82, 2.24) is 10.6 Å². The monoisotopic (exact) mass is 343 g/mol. The molecule has 25 heavy (non-hydrogen) atoms. The van der Waals surface area contributed by atoms with Crippen molar-refractivity contribution in [2.24, 2.45) is 0 Å². The van der Waals surface area contributed by atoms with Crippen LogP contribution in [0.5, 0.6) is 0 Å². The molecule has 6 nitrogen and oxygen atoms in total. The molecule has 4 amide bonds. The van der Waals surface area contributed by atoms with Crippen LogP contribution in [0.4, 0.5) is 14.9 Å². The second-order valence-electron chi connectivity index (χ2n) is 6.73. The van der Waals surface area contributed by atoms with Crippen molar-refractivity contribution >= 4 is 35.2 Å². The van der Waals surface area contributed by atoms with Crippen LogP contribution >= 0.6 is 0 Å². The highest BCUT2D eigenvalue weighted by atomic mass is 19.1. The minimum atomic E-state index is -0.888. The maximum atomic E-state index is 14.6. The van der Waals surface area contributed by atoms with Gasteiger partial charge in [0.1, 0.15) is 11.4 Å². The number of carbonyl (C=O) groups excluding carboxylic acids is 3. The van der Waals surface area contributed by atoms with Gasteiger partial charge in [-0.05, 0) is 44.6 Å². The van der Waals surface area contributed by atoms with Gasteiger partial charge in [0.05, 0.1) is 5.54 Å². The third-order valence-corrected chi connectivity index (χ3v) is 4.58. The van der Waals surface area contributed by atoms with Crippen LogP contribution in [0.2, 0.25) is 0 Å². The summed E-state index contributed by atoms with van der Waals surface area (Å²) in [5, 5.41) is 3.94. The van der Waals surface area contributed by atoms with Crippen LogP contribution in [-0.4, -0.2) is 30.4 Å². The number of nitrogens with zero attached hydrogens (tertiary/aromatic N) is 1. The smallest absolute Gasteiger partial charge is 0.328 e. The SMILES string of the molecule is CC1=CC(C)(C)N(C)c2cc(F)c(C=C3C(=O)NC(=O)NC3=O)cc21. The second-order valence-corrected chi connectivity index (χ2v) is 6.73. The van der Waals surface area contributed by atoms with Crippen LogP contribution in [0, 0.1) is 5.82 Å². The van der Waals surface area contributed by atoms with E-state index in [0.717, 1.165) is 22.9 Å². The number of urea groups is 1. The lowest BCUT2D eigenvalue weighted by atomic mass is 9.88. The third kappa shape index (κ3) is 2.82. The highest BCUT2D eigenvalue weighted by Crippen LogP contribution is 2.39. The fourth-order valence-electron chi connectivity index (χ4n) is 3.06. The maximum Gasteiger partial charge on any atom is 0.328 e. The molecule has 2 aliphatic rings. The number of likely N-dealkylation sites (N-methyl/N-ethyl adjacent to an activating group) is 1. The first-order valence-electron chi connectivity index (χ1n) is 7.76. The number of imide groups is 2. The number of carbonyl (C=O) groups is 3. The van der Waals surface area contributed by atoms with Gasteiger partial charge in [0, 0.05) is 23.9 Å². The van der Waals surface area contributed by atoms with Crippen molar-refractivity contribution in [2.45, 2.75) is 26.3 Å². The lowest BCUT2D eigenvalue weighted by Crippen LogP contribution is -2.51. The van der Waals surface area contributed by atoms with Crippen molar-refractivity contribution in [3.05, 3.63) is 40.7 Å². The van der Waals surface area contributed by atoms with Gasteiger partial charge in [0.2, 0.25) is 0 Å². The molecular formula is C18H18FN3O3. The van der Waals surface area contributed by atoms with Crippen LogP contribution in [0.15, 0.2) is 23.8 Å². The van der Waals surface area contributed by atoms with E-state index in [1.54, 1.807) is 6.07 Å². The predicted molar refractivity (Wildman–Crippen MR) is 92.2 cm³/mol. The summed E-state index contributed by atoms with van der Waals surface area (Å²) in [5.74, 6) is -2.26. The summed E-state index contributed by atoms with van der Waals surface area (Å²) >= 11 is 0. The number of amides is 4. The van der Waals surface area contributed by atoms with Gasteiger partial charge in [-0.15, -0.1) is 0 Å². The minimum absolute atomic E-state index is 0.106. The summed E-state index contributed by atoms with van der Waals surface area (Å²) < 4.78 is 14.6. The Morgan fingerprint density at radius 1 is 1.12 bits per heavy atom. The average Bonchev–Trinajstić information content (AvgIpc) is 2.49. The number of barbiturate groups is 1. The molecule has 0 radical (unpaired) electrons. The van der Waals surface area contributed by atoms with Crippen LogP contribution in [0.25, 0.3) is 11.6 Å². The second kappa shape index (κ2) is 5.54. The van der Waals surface area contributed by atoms with E-state index >= 15 is 0 Å². The molecule has 7 heteroatoms. The molecular weight excluding hydrogens is 325 g/mol. The first kappa shape index (κ1) is 16.9. The molecule has 2 heterocycles. The lowest BCUT2D eigenvalue weighted by molar-refractivity contribution is -0.123. The Bertz CT molecular complexity index is 862. The number of allylic oxidation sites excluding steroid dienone is 1. The van der Waals surface area contributed by atoms with Crippen molar-refractivity contribution in [3.8, 4) is 0 Å². The van der Waals surface area contributed by atoms with Gasteiger partial charge in [-0.25, -0.2) is 9.18 Å². The zero-order valence-electron chi connectivity index (χ0n) is 14.4. The Hall–Kier alpha value is -2.96. The number of halogens is 1. The molecule has 0 spiro atoms. The topological polar surface area (TPSA) is 78.5 Å². The van der Waals surface area contributed by atoms with Crippen LogP contribution in [0.3, 0.4) is 0 Å². The van der Waals surface area contributed by atoms with Gasteiger partial charge < -0.3 is 4.90 Å². The zero-order valence-corrected chi connectivity index (χ0v) is 14.4. The van der Waals surface area contributed by atoms with Crippen LogP contribution in [0.1, 0.15) is 31.9 Å². The number of fused-ring (bicyclic) bond motifs is 1. The largest absolute Gasteiger partial charge is 0.365 e. The number of hydrogen-bond donors (Lipinski definition) is 2. The summed E-state index contributed by atoms with van der Waals surface area (Å²) in [6, 6.07) is 2.11. The number of benzene rings is 1. The van der Waals surface area contributed by atoms with E-state index in [1.165, 1.54) is 6.07 Å². The van der Waals surface area contributed by atoms with E-state index in [1.807, 2.05) is 43.4 Å². The summed E-state index contributed by atoms with van der Waals surface area (Å²) in [6.45, 7) is 5.99. The first-order chi connectivity index (χ1) is 11.6. The molecule has 1 aromatic rings. The quantitative estimate of drug-likeness (QED) is 0.605. The predicted octanol–water partition coefficient (Wildman–Crippen LogP) is 2.21. The Kier molecular flexibility index (Phi) is 3.74. The standard InChI is InChI=1S/C18H18FN3O3/c1-9-8-18(2,3)22(4)14-7-13(19)10(5-11(9)14)6-12-15(23)20-17(25)21-16(12)24/h5-8H,1-4H3,(H2,20,21,23,24,25). The molecule has 0 aromatic heterocycles. The summed E-state index contributed by atoms with van der Waals surface area (Å²) in [4.78, 5) is 36.7. The first-order valence-corrected chi connectivity index (χ1v) is 7.76. The fourth-order valence-corrected chi connectivity index (χ4v) is 3.06. The van der Waals surface area contributed by atoms with E-state index in [-0.39, 0.29) is 16.7 Å². The highest BCUT2D eigenvalue weighted by Gasteiger charge is 2.31. The van der Waals surface area contributed by atoms with Gasteiger partial charge in [-0.1, -0.05) is 6.08 Å². The van der Waals surface area contributed by atoms with Crippen molar-refractivity contribution in [2.75, 3.05) is 11.9 Å². The van der Waals surface area contributed by atoms with Crippen molar-refractivity contribution in [1.29, 1.82) is 0 Å². The van der Waals surface area contributed by atoms with Gasteiger partial charge in [0.15, 0.2) is 0 Å². The van der Waals surface area contributed by atoms with Crippen molar-refractivity contribution < 1.29 is 18.8 Å². The van der Waals surface area contributed by atoms with E-state index < -0.39 is 23.7 Å². The van der Waals surface area contributed by atoms with E-state index in [0.29, 0.717) is 0 Å². The molecule has 1 saturated heterocycles. The Morgan fingerprint density at radius 3 is 2.32 bits per heavy atom. The third-order valence-electron chi connectivity index (χ3n) is 4.58. The molecule has 0 saturated carbocycles. The number of nitrogens with one attached hydrogen (secondary N) is 2. The highest BCUT2D eigenvalue weighted by molar-refractivity contribution is 6.31. The van der Waals surface area contributed by atoms with Crippen LogP contribution in [-0.2, 0) is 9.59 Å². The van der Waals surface area contributed by atoms with Gasteiger partial charge in [-0.2, -0.15) is 0 Å². The minimum Gasteiger partial charge on any atom is -0.365 e. The number of anilines is 1. The molecule has 0 unspecified atom stereocenters. The number of hydrogen-bond acceptors (Lipinski definition) is 4. The van der Waals surface area contributed by atoms with E-state index in [2.05, 4.69) is 6.08 Å². The Balaban J connectivity index is 2.10. The molecule has 2 N–H and O–H groups in total.